The van der Waals surface area contributed by atoms with E-state index in [4.69, 9.17) is 15.2 Å². The Morgan fingerprint density at radius 2 is 1.80 bits per heavy atom. The van der Waals surface area contributed by atoms with E-state index in [1.165, 1.54) is 6.07 Å². The number of nitrogens with zero attached hydrogens (tertiary/aromatic N) is 1. The van der Waals surface area contributed by atoms with Crippen LogP contribution >= 0.6 is 0 Å². The first kappa shape index (κ1) is 17.0. The van der Waals surface area contributed by atoms with Crippen molar-refractivity contribution < 1.29 is 13.9 Å². The molecule has 0 amide bonds. The van der Waals surface area contributed by atoms with Gasteiger partial charge >= 0.3 is 0 Å². The molecule has 0 spiro atoms. The molecule has 0 aliphatic carbocycles. The molecule has 0 radical (unpaired) electrons. The minimum absolute atomic E-state index is 0.0413. The van der Waals surface area contributed by atoms with Crippen molar-refractivity contribution in [3.63, 3.8) is 0 Å². The van der Waals surface area contributed by atoms with E-state index < -0.39 is 0 Å². The van der Waals surface area contributed by atoms with Crippen LogP contribution in [0.1, 0.15) is 17.2 Å². The van der Waals surface area contributed by atoms with Gasteiger partial charge in [0.25, 0.3) is 0 Å². The lowest BCUT2D eigenvalue weighted by Gasteiger charge is -2.31. The molecule has 114 valence electrons. The molecule has 1 rings (SSSR count). The molecule has 0 aliphatic rings. The average molecular weight is 284 g/mol. The van der Waals surface area contributed by atoms with Gasteiger partial charge in [0.05, 0.1) is 13.2 Å². The summed E-state index contributed by atoms with van der Waals surface area (Å²) in [5.74, 6) is -0.190. The van der Waals surface area contributed by atoms with Crippen molar-refractivity contribution in [1.29, 1.82) is 0 Å². The SMILES string of the molecule is COCCN(CCOC)C(CN)c1ccc(F)c(C)c1. The summed E-state index contributed by atoms with van der Waals surface area (Å²) in [7, 11) is 3.35. The van der Waals surface area contributed by atoms with E-state index in [9.17, 15) is 4.39 Å². The van der Waals surface area contributed by atoms with Gasteiger partial charge in [0.1, 0.15) is 5.82 Å². The van der Waals surface area contributed by atoms with E-state index in [2.05, 4.69) is 4.90 Å². The standard InChI is InChI=1S/C15H25FN2O2/c1-12-10-13(4-5-14(12)16)15(11-17)18(6-8-19-2)7-9-20-3/h4-5,10,15H,6-9,11,17H2,1-3H3. The highest BCUT2D eigenvalue weighted by Crippen LogP contribution is 2.21. The normalized spacial score (nSPS) is 12.9. The molecule has 1 atom stereocenters. The Morgan fingerprint density at radius 1 is 1.20 bits per heavy atom. The van der Waals surface area contributed by atoms with Crippen LogP contribution in [0.25, 0.3) is 0 Å². The van der Waals surface area contributed by atoms with Crippen molar-refractivity contribution in [1.82, 2.24) is 4.90 Å². The van der Waals surface area contributed by atoms with E-state index in [1.807, 2.05) is 6.07 Å². The summed E-state index contributed by atoms with van der Waals surface area (Å²) < 4.78 is 23.7. The number of benzene rings is 1. The number of aryl methyl sites for hydroxylation is 1. The third-order valence-corrected chi connectivity index (χ3v) is 3.40. The fourth-order valence-corrected chi connectivity index (χ4v) is 2.21. The Balaban J connectivity index is 2.88. The Bertz CT molecular complexity index is 393. The molecule has 0 aromatic heterocycles. The monoisotopic (exact) mass is 284 g/mol. The van der Waals surface area contributed by atoms with Crippen LogP contribution in [0.3, 0.4) is 0 Å². The molecule has 0 saturated heterocycles. The number of ether oxygens (including phenoxy) is 2. The van der Waals surface area contributed by atoms with Crippen molar-refractivity contribution >= 4 is 0 Å². The van der Waals surface area contributed by atoms with E-state index in [1.54, 1.807) is 27.2 Å². The van der Waals surface area contributed by atoms with Gasteiger partial charge in [0, 0.05) is 39.9 Å². The second-order valence-electron chi connectivity index (χ2n) is 4.78. The van der Waals surface area contributed by atoms with E-state index in [0.29, 0.717) is 25.3 Å². The van der Waals surface area contributed by atoms with Gasteiger partial charge in [-0.2, -0.15) is 0 Å². The second-order valence-corrected chi connectivity index (χ2v) is 4.78. The van der Waals surface area contributed by atoms with Gasteiger partial charge in [-0.15, -0.1) is 0 Å². The summed E-state index contributed by atoms with van der Waals surface area (Å²) >= 11 is 0. The molecule has 0 saturated carbocycles. The maximum absolute atomic E-state index is 13.4. The summed E-state index contributed by atoms with van der Waals surface area (Å²) in [6.07, 6.45) is 0. The van der Waals surface area contributed by atoms with Gasteiger partial charge < -0.3 is 15.2 Å². The van der Waals surface area contributed by atoms with Gasteiger partial charge in [-0.3, -0.25) is 4.90 Å². The molecule has 1 aromatic rings. The topological polar surface area (TPSA) is 47.7 Å². The summed E-state index contributed by atoms with van der Waals surface area (Å²) in [5, 5.41) is 0. The zero-order chi connectivity index (χ0) is 15.0. The van der Waals surface area contributed by atoms with Gasteiger partial charge in [0.2, 0.25) is 0 Å². The Kier molecular flexibility index (Phi) is 7.69. The molecule has 1 aromatic carbocycles. The number of hydrogen-bond donors (Lipinski definition) is 1. The quantitative estimate of drug-likeness (QED) is 0.750. The van der Waals surface area contributed by atoms with Crippen molar-refractivity contribution in [2.75, 3.05) is 47.1 Å². The first-order chi connectivity index (χ1) is 9.63. The van der Waals surface area contributed by atoms with Crippen LogP contribution in [0.5, 0.6) is 0 Å². The Hall–Kier alpha value is -1.01. The molecule has 0 heterocycles. The Morgan fingerprint density at radius 3 is 2.25 bits per heavy atom. The highest BCUT2D eigenvalue weighted by Gasteiger charge is 2.19. The first-order valence-electron chi connectivity index (χ1n) is 6.82. The van der Waals surface area contributed by atoms with Crippen molar-refractivity contribution in [2.45, 2.75) is 13.0 Å². The average Bonchev–Trinajstić information content (AvgIpc) is 2.45. The fraction of sp³-hybridized carbons (Fsp3) is 0.600. The number of halogens is 1. The minimum Gasteiger partial charge on any atom is -0.383 e. The molecule has 20 heavy (non-hydrogen) atoms. The second kappa shape index (κ2) is 9.02. The molecular formula is C15H25FN2O2. The smallest absolute Gasteiger partial charge is 0.126 e. The fourth-order valence-electron chi connectivity index (χ4n) is 2.21. The third-order valence-electron chi connectivity index (χ3n) is 3.40. The Labute approximate surface area is 120 Å². The van der Waals surface area contributed by atoms with Crippen LogP contribution in [-0.4, -0.2) is 52.0 Å². The molecule has 2 N–H and O–H groups in total. The van der Waals surface area contributed by atoms with Crippen LogP contribution in [-0.2, 0) is 9.47 Å². The van der Waals surface area contributed by atoms with E-state index >= 15 is 0 Å². The molecule has 0 fully saturated rings. The van der Waals surface area contributed by atoms with Crippen LogP contribution in [0, 0.1) is 12.7 Å². The van der Waals surface area contributed by atoms with Crippen molar-refractivity contribution in [3.05, 3.63) is 35.1 Å². The molecular weight excluding hydrogens is 259 g/mol. The van der Waals surface area contributed by atoms with Crippen LogP contribution in [0.4, 0.5) is 4.39 Å². The highest BCUT2D eigenvalue weighted by atomic mass is 19.1. The zero-order valence-corrected chi connectivity index (χ0v) is 12.6. The number of rotatable bonds is 9. The predicted octanol–water partition coefficient (Wildman–Crippen LogP) is 1.73. The highest BCUT2D eigenvalue weighted by molar-refractivity contribution is 5.27. The third kappa shape index (κ3) is 4.83. The summed E-state index contributed by atoms with van der Waals surface area (Å²) in [6, 6.07) is 5.20. The van der Waals surface area contributed by atoms with E-state index in [0.717, 1.165) is 18.7 Å². The maximum atomic E-state index is 13.4. The largest absolute Gasteiger partial charge is 0.383 e. The van der Waals surface area contributed by atoms with Gasteiger partial charge in [0.15, 0.2) is 0 Å². The maximum Gasteiger partial charge on any atom is 0.126 e. The molecule has 0 bridgehead atoms. The minimum atomic E-state index is -0.190. The van der Waals surface area contributed by atoms with Crippen LogP contribution in [0.15, 0.2) is 18.2 Å². The molecule has 4 nitrogen and oxygen atoms in total. The van der Waals surface area contributed by atoms with Crippen molar-refractivity contribution in [2.24, 2.45) is 5.73 Å². The predicted molar refractivity (Wildman–Crippen MR) is 78.3 cm³/mol. The first-order valence-corrected chi connectivity index (χ1v) is 6.82. The number of methoxy groups -OCH3 is 2. The lowest BCUT2D eigenvalue weighted by atomic mass is 10.0. The van der Waals surface area contributed by atoms with Crippen LogP contribution < -0.4 is 5.73 Å². The summed E-state index contributed by atoms with van der Waals surface area (Å²) in [4.78, 5) is 2.21. The molecule has 1 unspecified atom stereocenters. The van der Waals surface area contributed by atoms with Crippen LogP contribution in [0.2, 0.25) is 0 Å². The lowest BCUT2D eigenvalue weighted by molar-refractivity contribution is 0.0891. The number of hydrogen-bond acceptors (Lipinski definition) is 4. The number of nitrogens with two attached hydrogens (primary N) is 1. The van der Waals surface area contributed by atoms with Crippen molar-refractivity contribution in [3.8, 4) is 0 Å². The van der Waals surface area contributed by atoms with Gasteiger partial charge in [-0.05, 0) is 24.1 Å². The molecule has 5 heteroatoms. The summed E-state index contributed by atoms with van der Waals surface area (Å²) in [5.41, 5.74) is 7.59. The summed E-state index contributed by atoms with van der Waals surface area (Å²) in [6.45, 7) is 5.01. The lowest BCUT2D eigenvalue weighted by Crippen LogP contribution is -2.38. The van der Waals surface area contributed by atoms with Gasteiger partial charge in [-0.25, -0.2) is 4.39 Å². The van der Waals surface area contributed by atoms with Gasteiger partial charge in [-0.1, -0.05) is 12.1 Å². The molecule has 0 aliphatic heterocycles. The van der Waals surface area contributed by atoms with E-state index in [-0.39, 0.29) is 11.9 Å². The zero-order valence-electron chi connectivity index (χ0n) is 12.6.